The molecule has 0 aromatic carbocycles. The summed E-state index contributed by atoms with van der Waals surface area (Å²) in [5.41, 5.74) is -5.88. The van der Waals surface area contributed by atoms with Gasteiger partial charge in [-0.25, -0.2) is 4.79 Å². The Labute approximate surface area is 138 Å². The summed E-state index contributed by atoms with van der Waals surface area (Å²) in [6.45, 7) is 0. The fourth-order valence-electron chi connectivity index (χ4n) is 1.04. The van der Waals surface area contributed by atoms with Gasteiger partial charge >= 0.3 is 27.3 Å². The van der Waals surface area contributed by atoms with Gasteiger partial charge in [0.2, 0.25) is 0 Å². The first-order chi connectivity index (χ1) is 11.6. The van der Waals surface area contributed by atoms with E-state index in [0.29, 0.717) is 5.75 Å². The smallest absolute Gasteiger partial charge is 0.494 e. The Bertz CT molecular complexity index is 818. The standard InChI is InChI=1S/C6H5F3N2O4S.C5H6N2O2/c1-14-4-2-10-5(11-3-4)15-16(12,13)6(7,8)9;1-9-4-2-6-5(8)7-3-4/h2-3H,1H3;2-3H,1H3,(H,6,7,8). The first-order valence-electron chi connectivity index (χ1n) is 6.04. The summed E-state index contributed by atoms with van der Waals surface area (Å²) in [5, 5.41) is 0. The molecule has 0 aliphatic carbocycles. The lowest BCUT2D eigenvalue weighted by Crippen LogP contribution is -2.28. The maximum Gasteiger partial charge on any atom is 0.534 e. The highest BCUT2D eigenvalue weighted by molar-refractivity contribution is 7.87. The molecule has 0 fully saturated rings. The summed E-state index contributed by atoms with van der Waals surface area (Å²) in [5.74, 6) is 0.700. The molecule has 0 saturated carbocycles. The summed E-state index contributed by atoms with van der Waals surface area (Å²) >= 11 is 0. The van der Waals surface area contributed by atoms with Crippen LogP contribution in [0.1, 0.15) is 0 Å². The summed E-state index contributed by atoms with van der Waals surface area (Å²) in [7, 11) is -2.94. The molecule has 2 aromatic heterocycles. The zero-order chi connectivity index (χ0) is 19.1. The highest BCUT2D eigenvalue weighted by Gasteiger charge is 2.49. The van der Waals surface area contributed by atoms with Gasteiger partial charge in [0.05, 0.1) is 32.8 Å². The van der Waals surface area contributed by atoms with Gasteiger partial charge in [-0.3, -0.25) is 0 Å². The molecule has 0 saturated heterocycles. The van der Waals surface area contributed by atoms with Crippen molar-refractivity contribution in [2.45, 2.75) is 5.51 Å². The van der Waals surface area contributed by atoms with E-state index in [1.807, 2.05) is 0 Å². The van der Waals surface area contributed by atoms with E-state index in [0.717, 1.165) is 12.4 Å². The van der Waals surface area contributed by atoms with E-state index in [-0.39, 0.29) is 11.4 Å². The molecule has 0 aliphatic heterocycles. The predicted molar refractivity (Wildman–Crippen MR) is 75.6 cm³/mol. The first kappa shape index (κ1) is 20.1. The Balaban J connectivity index is 0.000000293. The van der Waals surface area contributed by atoms with Crippen LogP contribution in [-0.4, -0.2) is 48.1 Å². The second-order valence-corrected chi connectivity index (χ2v) is 5.39. The molecule has 138 valence electrons. The van der Waals surface area contributed by atoms with Crippen molar-refractivity contribution in [1.82, 2.24) is 19.9 Å². The quantitative estimate of drug-likeness (QED) is 0.590. The second kappa shape index (κ2) is 8.27. The van der Waals surface area contributed by atoms with Crippen LogP contribution in [0.4, 0.5) is 13.2 Å². The molecule has 2 aromatic rings. The monoisotopic (exact) mass is 384 g/mol. The number of aromatic amines is 1. The molecule has 2 heterocycles. The van der Waals surface area contributed by atoms with Gasteiger partial charge < -0.3 is 18.6 Å². The lowest BCUT2D eigenvalue weighted by Gasteiger charge is -2.07. The minimum Gasteiger partial charge on any atom is -0.494 e. The average Bonchev–Trinajstić information content (AvgIpc) is 2.55. The number of hydrogen-bond donors (Lipinski definition) is 1. The topological polar surface area (TPSA) is 133 Å². The number of halogens is 3. The Hall–Kier alpha value is -2.90. The highest BCUT2D eigenvalue weighted by atomic mass is 32.2. The van der Waals surface area contributed by atoms with Gasteiger partial charge in [0.1, 0.15) is 0 Å². The summed E-state index contributed by atoms with van der Waals surface area (Å²) in [6, 6.07) is -0.932. The fraction of sp³-hybridized carbons (Fsp3) is 0.273. The second-order valence-electron chi connectivity index (χ2n) is 3.85. The van der Waals surface area contributed by atoms with Crippen molar-refractivity contribution in [3.05, 3.63) is 35.3 Å². The zero-order valence-electron chi connectivity index (χ0n) is 12.6. The van der Waals surface area contributed by atoms with Gasteiger partial charge in [0.15, 0.2) is 11.5 Å². The molecule has 0 atom stereocenters. The van der Waals surface area contributed by atoms with E-state index in [2.05, 4.69) is 28.9 Å². The summed E-state index contributed by atoms with van der Waals surface area (Å²) < 4.78 is 69.6. The number of alkyl halides is 3. The van der Waals surface area contributed by atoms with Crippen LogP contribution in [0.2, 0.25) is 0 Å². The number of nitrogens with one attached hydrogen (secondary N) is 1. The predicted octanol–water partition coefficient (Wildman–Crippen LogP) is 0.492. The van der Waals surface area contributed by atoms with Crippen LogP contribution < -0.4 is 19.3 Å². The Morgan fingerprint density at radius 3 is 1.92 bits per heavy atom. The lowest BCUT2D eigenvalue weighted by atomic mass is 10.6. The molecule has 10 nitrogen and oxygen atoms in total. The minimum absolute atomic E-state index is 0.150. The van der Waals surface area contributed by atoms with Crippen LogP contribution in [-0.2, 0) is 10.1 Å². The van der Waals surface area contributed by atoms with E-state index in [1.54, 1.807) is 0 Å². The average molecular weight is 384 g/mol. The number of ether oxygens (including phenoxy) is 2. The third-order valence-electron chi connectivity index (χ3n) is 2.19. The minimum atomic E-state index is -5.74. The van der Waals surface area contributed by atoms with Crippen molar-refractivity contribution in [1.29, 1.82) is 0 Å². The summed E-state index contributed by atoms with van der Waals surface area (Å²) in [6.07, 6.45) is 4.75. The van der Waals surface area contributed by atoms with Gasteiger partial charge in [0.25, 0.3) is 0 Å². The Kier molecular flexibility index (Phi) is 6.67. The molecule has 0 aliphatic rings. The number of hydrogen-bond acceptors (Lipinski definition) is 9. The van der Waals surface area contributed by atoms with E-state index >= 15 is 0 Å². The third kappa shape index (κ3) is 6.25. The number of aromatic nitrogens is 4. The molecule has 2 rings (SSSR count). The van der Waals surface area contributed by atoms with Crippen molar-refractivity contribution in [3.63, 3.8) is 0 Å². The SMILES string of the molecule is COc1cnc(=O)[nH]c1.COc1cnc(OS(=O)(=O)C(F)(F)F)nc1. The maximum atomic E-state index is 11.9. The largest absolute Gasteiger partial charge is 0.534 e. The first-order valence-corrected chi connectivity index (χ1v) is 7.45. The van der Waals surface area contributed by atoms with Crippen LogP contribution >= 0.6 is 0 Å². The molecule has 0 amide bonds. The van der Waals surface area contributed by atoms with Crippen LogP contribution in [0.25, 0.3) is 0 Å². The number of nitrogens with zero attached hydrogens (tertiary/aromatic N) is 3. The van der Waals surface area contributed by atoms with E-state index in [4.69, 9.17) is 4.74 Å². The van der Waals surface area contributed by atoms with E-state index < -0.39 is 21.6 Å². The molecular weight excluding hydrogens is 373 g/mol. The summed E-state index contributed by atoms with van der Waals surface area (Å²) in [4.78, 5) is 22.5. The van der Waals surface area contributed by atoms with Crippen molar-refractivity contribution in [3.8, 4) is 17.5 Å². The van der Waals surface area contributed by atoms with Gasteiger partial charge in [0, 0.05) is 6.20 Å². The number of H-pyrrole nitrogens is 1. The van der Waals surface area contributed by atoms with Gasteiger partial charge in [-0.1, -0.05) is 0 Å². The van der Waals surface area contributed by atoms with Gasteiger partial charge in [-0.05, 0) is 0 Å². The van der Waals surface area contributed by atoms with Crippen LogP contribution in [0, 0.1) is 0 Å². The zero-order valence-corrected chi connectivity index (χ0v) is 13.5. The van der Waals surface area contributed by atoms with Crippen LogP contribution in [0.3, 0.4) is 0 Å². The molecule has 0 unspecified atom stereocenters. The number of methoxy groups -OCH3 is 2. The van der Waals surface area contributed by atoms with Crippen molar-refractivity contribution >= 4 is 10.1 Å². The third-order valence-corrected chi connectivity index (χ3v) is 3.13. The van der Waals surface area contributed by atoms with Gasteiger partial charge in [-0.2, -0.15) is 36.5 Å². The normalized spacial score (nSPS) is 11.1. The molecule has 0 radical (unpaired) electrons. The molecule has 0 spiro atoms. The van der Waals surface area contributed by atoms with Crippen molar-refractivity contribution in [2.75, 3.05) is 14.2 Å². The molecule has 0 bridgehead atoms. The molecule has 1 N–H and O–H groups in total. The Morgan fingerprint density at radius 2 is 1.52 bits per heavy atom. The fourth-order valence-corrected chi connectivity index (χ4v) is 1.42. The Morgan fingerprint density at radius 1 is 1.00 bits per heavy atom. The maximum absolute atomic E-state index is 11.9. The van der Waals surface area contributed by atoms with Crippen molar-refractivity contribution in [2.24, 2.45) is 0 Å². The molecule has 25 heavy (non-hydrogen) atoms. The lowest BCUT2D eigenvalue weighted by molar-refractivity contribution is -0.0502. The van der Waals surface area contributed by atoms with Crippen LogP contribution in [0.5, 0.6) is 17.5 Å². The number of rotatable bonds is 4. The van der Waals surface area contributed by atoms with Gasteiger partial charge in [-0.15, -0.1) is 0 Å². The van der Waals surface area contributed by atoms with Crippen LogP contribution in [0.15, 0.2) is 29.6 Å². The van der Waals surface area contributed by atoms with E-state index in [1.165, 1.54) is 26.6 Å². The molecule has 14 heteroatoms. The highest BCUT2D eigenvalue weighted by Crippen LogP contribution is 2.25. The van der Waals surface area contributed by atoms with Crippen molar-refractivity contribution < 1.29 is 35.2 Å². The van der Waals surface area contributed by atoms with E-state index in [9.17, 15) is 26.4 Å². The molecular formula is C11H11F3N4O6S.